The molecule has 10 aromatic heterocycles. The first-order valence-corrected chi connectivity index (χ1v) is 47.7. The molecule has 0 saturated carbocycles. The van der Waals surface area contributed by atoms with Crippen molar-refractivity contribution in [1.82, 2.24) is 69.4 Å². The molecule has 704 valence electrons. The third-order valence-corrected chi connectivity index (χ3v) is 21.8. The summed E-state index contributed by atoms with van der Waals surface area (Å²) in [6, 6.07) is 52.4. The molecule has 2 saturated heterocycles. The molecule has 0 aliphatic carbocycles. The predicted molar refractivity (Wildman–Crippen MR) is 550 cm³/mol. The fraction of sp³-hybridized carbons (Fsp3) is 0.504. The van der Waals surface area contributed by atoms with Gasteiger partial charge in [0, 0.05) is 142 Å². The van der Waals surface area contributed by atoms with Gasteiger partial charge in [0.1, 0.15) is 5.82 Å². The number of rotatable bonds is 20. The minimum absolute atomic E-state index is 0.413. The molecule has 15 nitrogen and oxygen atoms in total. The van der Waals surface area contributed by atoms with E-state index in [0.29, 0.717) is 71.0 Å². The van der Waals surface area contributed by atoms with Crippen molar-refractivity contribution in [3.05, 3.63) is 327 Å². The molecule has 11 aromatic rings. The first-order chi connectivity index (χ1) is 61.1. The van der Waals surface area contributed by atoms with Crippen LogP contribution in [0.1, 0.15) is 365 Å². The lowest BCUT2D eigenvalue weighted by molar-refractivity contribution is 0.141. The maximum atomic E-state index is 12.2. The van der Waals surface area contributed by atoms with Gasteiger partial charge in [-0.25, -0.2) is 9.97 Å². The molecule has 2 aliphatic heterocycles. The molecule has 2 aliphatic rings. The molecule has 0 N–H and O–H groups in total. The Morgan fingerprint density at radius 3 is 1.15 bits per heavy atom. The van der Waals surface area contributed by atoms with Gasteiger partial charge in [-0.1, -0.05) is 251 Å². The van der Waals surface area contributed by atoms with Crippen LogP contribution in [0.25, 0.3) is 0 Å². The summed E-state index contributed by atoms with van der Waals surface area (Å²) in [7, 11) is 12.4. The standard InChI is InChI=1S/C18H29N3.C12H19N.2C11H18N2.C11H17N.2C9H13N.C8H10FN.3C8H11N/c1-15(2)17-7-6-10-19-18(17)21-13-8-16(9-14-21)20-11-4-3-5-12-20;1-10(2)12-7-5-11(6-8-12)9-13(3)4;1-9(2)11-5-10(6-12-7-11)8-13(3)4;1-9(2)11-7-5-6-10(12-11)8-13(3)4;1-8(2)10-5-6-11(9(3)4)12-7-10;2*1-7(2)9-5-4-8(3)10-6-9;1-6(2)7-3-4-8(9)10-5-7;1-7(2)8-3-5-9-6-4-8;1-7(2)8-4-3-5-9-6-8;1-7(2)8-5-3-4-6-9-8/h6-7,10,15-16H,3-5,8-9,11-14H2,1-2H3;5-8,10H,9H2,1-4H3;2*5-7,9H,8H2,1-4H3;5-9H,1-4H3;2*4-7H,1-3H3;3-6H,1-2H3;3*3-7H,1-2H3. The monoisotopic (exact) mass is 1760 g/mol. The van der Waals surface area contributed by atoms with Gasteiger partial charge in [-0.05, 0) is 300 Å². The van der Waals surface area contributed by atoms with E-state index in [1.165, 1.54) is 124 Å². The van der Waals surface area contributed by atoms with Crippen molar-refractivity contribution < 1.29 is 4.39 Å². The molecular weight excluding hydrogens is 1590 g/mol. The Bertz CT molecular complexity index is 4290. The Labute approximate surface area is 784 Å². The van der Waals surface area contributed by atoms with E-state index >= 15 is 0 Å². The molecule has 12 heterocycles. The highest BCUT2D eigenvalue weighted by Crippen LogP contribution is 2.30. The summed E-state index contributed by atoms with van der Waals surface area (Å²) in [5.41, 5.74) is 21.3. The number of anilines is 1. The maximum Gasteiger partial charge on any atom is 0.212 e. The average Bonchev–Trinajstić information content (AvgIpc) is 0.816. The molecule has 16 heteroatoms. The zero-order valence-corrected chi connectivity index (χ0v) is 85.9. The third-order valence-electron chi connectivity index (χ3n) is 21.8. The molecular formula is C113H170FN15. The summed E-state index contributed by atoms with van der Waals surface area (Å²) >= 11 is 0. The van der Waals surface area contributed by atoms with Crippen LogP contribution in [0.2, 0.25) is 0 Å². The quantitative estimate of drug-likeness (QED) is 0.0667. The van der Waals surface area contributed by atoms with E-state index in [9.17, 15) is 4.39 Å². The number of nitrogens with zero attached hydrogens (tertiary/aromatic N) is 15. The second kappa shape index (κ2) is 63.3. The Hall–Kier alpha value is -9.71. The number of benzene rings is 1. The lowest BCUT2D eigenvalue weighted by atomic mass is 9.98. The highest BCUT2D eigenvalue weighted by atomic mass is 19.1. The largest absolute Gasteiger partial charge is 0.356 e. The molecule has 0 amide bonds. The van der Waals surface area contributed by atoms with Crippen LogP contribution in [0.4, 0.5) is 10.2 Å². The number of aromatic nitrogens is 10. The average molecular weight is 1760 g/mol. The Kier molecular flexibility index (Phi) is 55.7. The number of hydrogen-bond acceptors (Lipinski definition) is 15. The zero-order chi connectivity index (χ0) is 96.1. The number of halogens is 1. The number of aryl methyl sites for hydroxylation is 2. The molecule has 13 rings (SSSR count). The molecule has 2 fully saturated rings. The van der Waals surface area contributed by atoms with E-state index in [4.69, 9.17) is 0 Å². The Morgan fingerprint density at radius 2 is 0.744 bits per heavy atom. The highest BCUT2D eigenvalue weighted by molar-refractivity contribution is 5.49. The number of pyridine rings is 10. The summed E-state index contributed by atoms with van der Waals surface area (Å²) in [5, 5.41) is 0. The van der Waals surface area contributed by atoms with Gasteiger partial charge in [0.05, 0.1) is 5.69 Å². The van der Waals surface area contributed by atoms with Crippen molar-refractivity contribution in [1.29, 1.82) is 0 Å². The Balaban J connectivity index is 0.000000370. The van der Waals surface area contributed by atoms with E-state index in [1.54, 1.807) is 18.5 Å². The van der Waals surface area contributed by atoms with E-state index in [0.717, 1.165) is 67.1 Å². The van der Waals surface area contributed by atoms with Crippen LogP contribution in [0.5, 0.6) is 0 Å². The molecule has 0 unspecified atom stereocenters. The number of likely N-dealkylation sites (tertiary alicyclic amines) is 1. The summed E-state index contributed by atoms with van der Waals surface area (Å²) in [5.74, 6) is 7.56. The summed E-state index contributed by atoms with van der Waals surface area (Å²) in [4.78, 5) is 53.6. The van der Waals surface area contributed by atoms with Crippen LogP contribution in [-0.4, -0.2) is 144 Å². The van der Waals surface area contributed by atoms with Gasteiger partial charge >= 0.3 is 0 Å². The number of piperidine rings is 2. The van der Waals surface area contributed by atoms with Gasteiger partial charge in [-0.3, -0.25) is 39.9 Å². The van der Waals surface area contributed by atoms with Crippen LogP contribution in [0.15, 0.2) is 226 Å². The molecule has 0 spiro atoms. The van der Waals surface area contributed by atoms with Crippen LogP contribution >= 0.6 is 0 Å². The van der Waals surface area contributed by atoms with Gasteiger partial charge in [0.2, 0.25) is 5.95 Å². The number of hydrogen-bond donors (Lipinski definition) is 0. The van der Waals surface area contributed by atoms with Crippen LogP contribution in [-0.2, 0) is 19.6 Å². The summed E-state index contributed by atoms with van der Waals surface area (Å²) in [6.45, 7) is 64.0. The van der Waals surface area contributed by atoms with Gasteiger partial charge in [0.15, 0.2) is 0 Å². The van der Waals surface area contributed by atoms with Crippen molar-refractivity contribution in [2.45, 2.75) is 309 Å². The minimum atomic E-state index is -0.413. The SMILES string of the molecule is CC(C)c1ccc(C(C)C)nc1.CC(C)c1ccc(CN(C)C)cc1.CC(C)c1ccc(F)nc1.CC(C)c1cccc(CN(C)C)n1.CC(C)c1ccccn1.CC(C)c1cccnc1.CC(C)c1cccnc1N1CCC(N2CCCCC2)CC1.CC(C)c1ccncc1.CC(C)c1cncc(CN(C)C)c1.Cc1ccc(C(C)C)cn1.Cc1ccc(C(C)C)cn1. The van der Waals surface area contributed by atoms with Crippen molar-refractivity contribution in [2.75, 3.05) is 73.4 Å². The fourth-order valence-electron chi connectivity index (χ4n) is 13.4. The smallest absolute Gasteiger partial charge is 0.212 e. The maximum absolute atomic E-state index is 12.2. The summed E-state index contributed by atoms with van der Waals surface area (Å²) < 4.78 is 12.2. The van der Waals surface area contributed by atoms with E-state index < -0.39 is 5.95 Å². The fourth-order valence-corrected chi connectivity index (χ4v) is 13.4. The van der Waals surface area contributed by atoms with E-state index in [2.05, 4.69) is 386 Å². The second-order valence-electron chi connectivity index (χ2n) is 38.4. The topological polar surface area (TPSA) is 145 Å². The first kappa shape index (κ1) is 113. The van der Waals surface area contributed by atoms with Crippen LogP contribution < -0.4 is 4.90 Å². The molecule has 0 bridgehead atoms. The summed E-state index contributed by atoms with van der Waals surface area (Å²) in [6.07, 6.45) is 29.3. The van der Waals surface area contributed by atoms with Crippen LogP contribution in [0, 0.1) is 19.8 Å². The lowest BCUT2D eigenvalue weighted by Crippen LogP contribution is -2.47. The molecule has 129 heavy (non-hydrogen) atoms. The normalized spacial score (nSPS) is 12.5. The lowest BCUT2D eigenvalue weighted by Gasteiger charge is -2.41. The Morgan fingerprint density at radius 1 is 0.310 bits per heavy atom. The first-order valence-electron chi connectivity index (χ1n) is 47.7. The third kappa shape index (κ3) is 48.7. The van der Waals surface area contributed by atoms with Gasteiger partial charge < -0.3 is 24.5 Å². The van der Waals surface area contributed by atoms with Gasteiger partial charge in [-0.15, -0.1) is 0 Å². The van der Waals surface area contributed by atoms with Crippen LogP contribution in [0.3, 0.4) is 0 Å². The van der Waals surface area contributed by atoms with E-state index in [-0.39, 0.29) is 0 Å². The molecule has 1 aromatic carbocycles. The van der Waals surface area contributed by atoms with Crippen molar-refractivity contribution >= 4 is 5.82 Å². The van der Waals surface area contributed by atoms with Crippen molar-refractivity contribution in [2.24, 2.45) is 0 Å². The molecule has 0 radical (unpaired) electrons. The molecule has 0 atom stereocenters. The van der Waals surface area contributed by atoms with Crippen molar-refractivity contribution in [3.8, 4) is 0 Å². The van der Waals surface area contributed by atoms with E-state index in [1.807, 2.05) is 112 Å². The van der Waals surface area contributed by atoms with Gasteiger partial charge in [0.25, 0.3) is 0 Å². The second-order valence-corrected chi connectivity index (χ2v) is 38.4. The predicted octanol–water partition coefficient (Wildman–Crippen LogP) is 28.4. The minimum Gasteiger partial charge on any atom is -0.356 e. The zero-order valence-electron chi connectivity index (χ0n) is 85.9. The van der Waals surface area contributed by atoms with Crippen molar-refractivity contribution in [3.63, 3.8) is 0 Å². The van der Waals surface area contributed by atoms with Gasteiger partial charge in [-0.2, -0.15) is 4.39 Å². The highest BCUT2D eigenvalue weighted by Gasteiger charge is 2.27.